The third-order valence-electron chi connectivity index (χ3n) is 7.25. The van der Waals surface area contributed by atoms with Gasteiger partial charge in [-0.3, -0.25) is 0 Å². The average Bonchev–Trinajstić information content (AvgIpc) is 3.15. The summed E-state index contributed by atoms with van der Waals surface area (Å²) in [7, 11) is 0. The molecule has 2 fully saturated rings. The number of nitrogens with zero attached hydrogens (tertiary/aromatic N) is 2. The summed E-state index contributed by atoms with van der Waals surface area (Å²) in [6.07, 6.45) is 13.0. The largest absolute Gasteiger partial charge is 2.00 e. The molecule has 2 saturated carbocycles. The van der Waals surface area contributed by atoms with Crippen molar-refractivity contribution in [3.05, 3.63) is 0 Å². The van der Waals surface area contributed by atoms with Crippen molar-refractivity contribution in [3.8, 4) is 0 Å². The van der Waals surface area contributed by atoms with Gasteiger partial charge in [-0.15, -0.1) is 0 Å². The van der Waals surface area contributed by atoms with Crippen LogP contribution in [0.4, 0.5) is 0 Å². The number of rotatable bonds is 4. The van der Waals surface area contributed by atoms with Crippen LogP contribution in [0, 0.1) is 11.8 Å². The van der Waals surface area contributed by atoms with Gasteiger partial charge in [-0.1, -0.05) is 40.5 Å². The van der Waals surface area contributed by atoms with Gasteiger partial charge < -0.3 is 43.4 Å². The molecule has 0 aromatic rings. The van der Waals surface area contributed by atoms with Gasteiger partial charge in [0.05, 0.1) is 18.5 Å². The van der Waals surface area contributed by atoms with E-state index in [4.69, 9.17) is 19.5 Å². The molecule has 0 amide bonds. The molecule has 2 aliphatic heterocycles. The summed E-state index contributed by atoms with van der Waals surface area (Å²) < 4.78 is 13.2. The van der Waals surface area contributed by atoms with Crippen molar-refractivity contribution in [1.29, 1.82) is 0 Å². The summed E-state index contributed by atoms with van der Waals surface area (Å²) >= 11 is 0. The van der Waals surface area contributed by atoms with Crippen LogP contribution in [-0.4, -0.2) is 35.1 Å². The average molecular weight is 641 g/mol. The Kier molecular flexibility index (Phi) is 11.1. The van der Waals surface area contributed by atoms with Crippen LogP contribution in [0.5, 0.6) is 0 Å². The molecule has 7 heteroatoms. The van der Waals surface area contributed by atoms with Crippen molar-refractivity contribution in [2.75, 3.05) is 0 Å². The standard InChI is InChI=1S/C23H38N2O2.2BrH.Pd/c1-16(2)20-22(11-7-5-8-12-22)26-18(24-20)15-19-25-21(17(3)4)23(27-19)13-9-6-10-14-23;;;/h16-17,20-21H,5-15H2,1-4H3;2*1H;/q;;;+2/p-2/t20-,21-;;;/m1.../s1. The van der Waals surface area contributed by atoms with Gasteiger partial charge in [0.15, 0.2) is 11.8 Å². The van der Waals surface area contributed by atoms with Gasteiger partial charge in [0, 0.05) is 0 Å². The molecule has 4 rings (SSSR count). The maximum Gasteiger partial charge on any atom is 2.00 e. The zero-order valence-corrected chi connectivity index (χ0v) is 23.6. The van der Waals surface area contributed by atoms with E-state index < -0.39 is 0 Å². The van der Waals surface area contributed by atoms with E-state index in [0.717, 1.165) is 37.5 Å². The van der Waals surface area contributed by atoms with Crippen LogP contribution in [0.3, 0.4) is 0 Å². The molecule has 0 aromatic heterocycles. The van der Waals surface area contributed by atoms with E-state index in [1.54, 1.807) is 0 Å². The molecule has 0 N–H and O–H groups in total. The minimum absolute atomic E-state index is 0. The molecule has 0 bridgehead atoms. The third-order valence-corrected chi connectivity index (χ3v) is 7.25. The minimum Gasteiger partial charge on any atom is -1.00 e. The topological polar surface area (TPSA) is 43.2 Å². The predicted molar refractivity (Wildman–Crippen MR) is 111 cm³/mol. The fraction of sp³-hybridized carbons (Fsp3) is 0.913. The Labute approximate surface area is 218 Å². The Bertz CT molecular complexity index is 560. The molecule has 0 radical (unpaired) electrons. The second-order valence-electron chi connectivity index (χ2n) is 10.1. The SMILES string of the molecule is CC(C)[C@H]1N=C(CC2=N[C@H](C(C)C)C3(CCCCC3)O2)OC12CCCCC2.[Br-].[Br-].[Pd+2]. The van der Waals surface area contributed by atoms with Crippen molar-refractivity contribution < 1.29 is 63.9 Å². The summed E-state index contributed by atoms with van der Waals surface area (Å²) in [5.74, 6) is 2.79. The van der Waals surface area contributed by atoms with Crippen LogP contribution in [0.2, 0.25) is 0 Å². The number of aliphatic imine (C=N–C) groups is 2. The van der Waals surface area contributed by atoms with E-state index in [1.807, 2.05) is 0 Å². The summed E-state index contributed by atoms with van der Waals surface area (Å²) in [4.78, 5) is 10.1. The fourth-order valence-electron chi connectivity index (χ4n) is 6.09. The molecule has 4 nitrogen and oxygen atoms in total. The quantitative estimate of drug-likeness (QED) is 0.397. The monoisotopic (exact) mass is 638 g/mol. The zero-order valence-electron chi connectivity index (χ0n) is 18.9. The molecule has 2 heterocycles. The maximum atomic E-state index is 6.59. The van der Waals surface area contributed by atoms with Crippen LogP contribution in [0.25, 0.3) is 0 Å². The van der Waals surface area contributed by atoms with Gasteiger partial charge >= 0.3 is 20.4 Å². The van der Waals surface area contributed by atoms with Crippen molar-refractivity contribution in [1.82, 2.24) is 0 Å². The van der Waals surface area contributed by atoms with E-state index >= 15 is 0 Å². The number of ether oxygens (including phenoxy) is 2. The fourth-order valence-corrected chi connectivity index (χ4v) is 6.09. The molecule has 4 aliphatic rings. The predicted octanol–water partition coefficient (Wildman–Crippen LogP) is -0.306. The summed E-state index contributed by atoms with van der Waals surface area (Å²) in [6, 6.07) is 0.582. The first kappa shape index (κ1) is 28.6. The van der Waals surface area contributed by atoms with Gasteiger partial charge in [-0.25, -0.2) is 9.98 Å². The van der Waals surface area contributed by atoms with Crippen molar-refractivity contribution >= 4 is 11.8 Å². The van der Waals surface area contributed by atoms with Crippen LogP contribution < -0.4 is 34.0 Å². The molecule has 2 aliphatic carbocycles. The van der Waals surface area contributed by atoms with Gasteiger partial charge in [-0.2, -0.15) is 0 Å². The van der Waals surface area contributed by atoms with E-state index in [0.29, 0.717) is 30.3 Å². The first-order valence-electron chi connectivity index (χ1n) is 11.5. The normalized spacial score (nSPS) is 28.7. The molecule has 0 aromatic carbocycles. The van der Waals surface area contributed by atoms with E-state index in [9.17, 15) is 0 Å². The van der Waals surface area contributed by atoms with E-state index in [2.05, 4.69) is 27.7 Å². The van der Waals surface area contributed by atoms with Gasteiger partial charge in [0.1, 0.15) is 11.2 Å². The van der Waals surface area contributed by atoms with Gasteiger partial charge in [0.2, 0.25) is 0 Å². The smallest absolute Gasteiger partial charge is 1.00 e. The van der Waals surface area contributed by atoms with Crippen molar-refractivity contribution in [3.63, 3.8) is 0 Å². The second-order valence-corrected chi connectivity index (χ2v) is 10.1. The van der Waals surface area contributed by atoms with Crippen LogP contribution in [0.15, 0.2) is 9.98 Å². The Morgan fingerprint density at radius 1 is 0.700 bits per heavy atom. The molecular weight excluding hydrogens is 602 g/mol. The van der Waals surface area contributed by atoms with Gasteiger partial charge in [0.25, 0.3) is 0 Å². The van der Waals surface area contributed by atoms with Crippen molar-refractivity contribution in [2.45, 2.75) is 122 Å². The Morgan fingerprint density at radius 2 is 1.03 bits per heavy atom. The zero-order chi connectivity index (χ0) is 19.1. The summed E-state index contributed by atoms with van der Waals surface area (Å²) in [5.41, 5.74) is -0.109. The molecule has 30 heavy (non-hydrogen) atoms. The second kappa shape index (κ2) is 11.6. The first-order chi connectivity index (χ1) is 12.9. The first-order valence-corrected chi connectivity index (χ1v) is 11.5. The van der Waals surface area contributed by atoms with E-state index in [-0.39, 0.29) is 65.6 Å². The minimum atomic E-state index is -0.0547. The Morgan fingerprint density at radius 3 is 1.33 bits per heavy atom. The number of hydrogen-bond acceptors (Lipinski definition) is 4. The molecule has 2 atom stereocenters. The van der Waals surface area contributed by atoms with Gasteiger partial charge in [-0.05, 0) is 63.2 Å². The number of hydrogen-bond donors (Lipinski definition) is 0. The van der Waals surface area contributed by atoms with E-state index in [1.165, 1.54) is 38.5 Å². The van der Waals surface area contributed by atoms with Crippen molar-refractivity contribution in [2.24, 2.45) is 21.8 Å². The third kappa shape index (κ3) is 5.54. The van der Waals surface area contributed by atoms with Crippen LogP contribution >= 0.6 is 0 Å². The molecule has 2 spiro atoms. The Hall–Kier alpha value is 0.562. The number of halogens is 2. The molecule has 0 saturated heterocycles. The molecule has 0 unspecified atom stereocenters. The molecule has 176 valence electrons. The summed E-state index contributed by atoms with van der Waals surface area (Å²) in [5, 5.41) is 0. The Balaban J connectivity index is 0.00000150. The van der Waals surface area contributed by atoms with Crippen LogP contribution in [0.1, 0.15) is 98.3 Å². The maximum absolute atomic E-state index is 6.59. The molecular formula is C23H38Br2N2O2Pd. The summed E-state index contributed by atoms with van der Waals surface area (Å²) in [6.45, 7) is 9.14. The van der Waals surface area contributed by atoms with Crippen LogP contribution in [-0.2, 0) is 29.9 Å².